The molecule has 2 N–H and O–H groups in total. The standard InChI is InChI=1S/C32H55O8P/c1-3-5-7-9-11-13-14-15-16-17-18-19-21-23-25-27-32(34)40-30(29-39-41(35,36)37)28-38-31(33)26-24-22-20-12-10-8-6-4-2/h5,7,9,11,13-16,30H,3-4,6,8,10,12,17-29H2,1-2H3,(H2,35,36,37)/b7-5+,11-9+,14-13+,16-15+/t30-/m1/s1. The van der Waals surface area contributed by atoms with E-state index in [0.717, 1.165) is 64.2 Å². The summed E-state index contributed by atoms with van der Waals surface area (Å²) in [5.41, 5.74) is 0. The first-order valence-corrected chi connectivity index (χ1v) is 17.0. The molecule has 0 aromatic carbocycles. The molecule has 1 atom stereocenters. The van der Waals surface area contributed by atoms with Crippen LogP contribution in [0.5, 0.6) is 0 Å². The molecule has 0 aromatic rings. The molecule has 0 aliphatic heterocycles. The van der Waals surface area contributed by atoms with E-state index in [1.807, 2.05) is 36.5 Å². The predicted molar refractivity (Wildman–Crippen MR) is 165 cm³/mol. The minimum absolute atomic E-state index is 0.185. The number of hydrogen-bond donors (Lipinski definition) is 2. The zero-order valence-electron chi connectivity index (χ0n) is 25.4. The Kier molecular flexibility index (Phi) is 26.8. The summed E-state index contributed by atoms with van der Waals surface area (Å²) in [5.74, 6) is -0.923. The number of phosphoric acid groups is 1. The minimum Gasteiger partial charge on any atom is -0.462 e. The molecule has 0 aliphatic carbocycles. The molecule has 0 saturated heterocycles. The van der Waals surface area contributed by atoms with Crippen LogP contribution in [0, 0.1) is 0 Å². The van der Waals surface area contributed by atoms with Crippen LogP contribution in [0.3, 0.4) is 0 Å². The van der Waals surface area contributed by atoms with Crippen LogP contribution in [-0.4, -0.2) is 41.0 Å². The molecule has 0 amide bonds. The molecular weight excluding hydrogens is 543 g/mol. The number of unbranched alkanes of at least 4 members (excludes halogenated alkanes) is 12. The molecule has 0 rings (SSSR count). The van der Waals surface area contributed by atoms with Gasteiger partial charge in [-0.1, -0.05) is 127 Å². The highest BCUT2D eigenvalue weighted by Gasteiger charge is 2.22. The largest absolute Gasteiger partial charge is 0.469 e. The molecule has 0 aliphatic rings. The van der Waals surface area contributed by atoms with Gasteiger partial charge in [-0.05, 0) is 32.1 Å². The molecule has 236 valence electrons. The minimum atomic E-state index is -4.75. The van der Waals surface area contributed by atoms with E-state index in [9.17, 15) is 14.2 Å². The van der Waals surface area contributed by atoms with Crippen LogP contribution in [0.4, 0.5) is 0 Å². The van der Waals surface area contributed by atoms with E-state index in [4.69, 9.17) is 19.3 Å². The Balaban J connectivity index is 4.11. The van der Waals surface area contributed by atoms with Gasteiger partial charge in [0.15, 0.2) is 6.10 Å². The third-order valence-corrected chi connectivity index (χ3v) is 6.69. The van der Waals surface area contributed by atoms with E-state index in [1.165, 1.54) is 25.7 Å². The van der Waals surface area contributed by atoms with Crippen molar-refractivity contribution in [2.45, 2.75) is 129 Å². The maximum absolute atomic E-state index is 12.3. The molecule has 0 spiro atoms. The Morgan fingerprint density at radius 1 is 0.659 bits per heavy atom. The number of ether oxygens (including phenoxy) is 2. The van der Waals surface area contributed by atoms with Crippen molar-refractivity contribution >= 4 is 19.8 Å². The molecule has 0 fully saturated rings. The molecule has 8 nitrogen and oxygen atoms in total. The maximum Gasteiger partial charge on any atom is 0.469 e. The average Bonchev–Trinajstić information content (AvgIpc) is 2.93. The maximum atomic E-state index is 12.3. The number of allylic oxidation sites excluding steroid dienone is 8. The summed E-state index contributed by atoms with van der Waals surface area (Å²) in [4.78, 5) is 42.3. The molecule has 9 heteroatoms. The zero-order chi connectivity index (χ0) is 30.4. The van der Waals surface area contributed by atoms with Gasteiger partial charge in [-0.25, -0.2) is 4.57 Å². The fraction of sp³-hybridized carbons (Fsp3) is 0.688. The number of rotatable bonds is 27. The van der Waals surface area contributed by atoms with Gasteiger partial charge < -0.3 is 19.3 Å². The lowest BCUT2D eigenvalue weighted by Crippen LogP contribution is -2.29. The monoisotopic (exact) mass is 598 g/mol. The number of phosphoric ester groups is 1. The van der Waals surface area contributed by atoms with Crippen molar-refractivity contribution in [1.82, 2.24) is 0 Å². The molecule has 0 radical (unpaired) electrons. The third-order valence-electron chi connectivity index (χ3n) is 6.21. The van der Waals surface area contributed by atoms with Crippen molar-refractivity contribution in [3.05, 3.63) is 48.6 Å². The van der Waals surface area contributed by atoms with Crippen LogP contribution in [0.15, 0.2) is 48.6 Å². The first-order chi connectivity index (χ1) is 19.8. The quantitative estimate of drug-likeness (QED) is 0.0418. The summed E-state index contributed by atoms with van der Waals surface area (Å²) >= 11 is 0. The van der Waals surface area contributed by atoms with Crippen molar-refractivity contribution in [1.29, 1.82) is 0 Å². The average molecular weight is 599 g/mol. The lowest BCUT2D eigenvalue weighted by atomic mass is 10.1. The Bertz CT molecular complexity index is 813. The van der Waals surface area contributed by atoms with Gasteiger partial charge in [-0.2, -0.15) is 0 Å². The van der Waals surface area contributed by atoms with Gasteiger partial charge in [0.05, 0.1) is 6.61 Å². The van der Waals surface area contributed by atoms with Crippen LogP contribution in [0.1, 0.15) is 123 Å². The topological polar surface area (TPSA) is 119 Å². The molecule has 0 aromatic heterocycles. The van der Waals surface area contributed by atoms with Crippen molar-refractivity contribution in [3.63, 3.8) is 0 Å². The second-order valence-corrected chi connectivity index (χ2v) is 11.4. The van der Waals surface area contributed by atoms with E-state index in [2.05, 4.69) is 30.5 Å². The van der Waals surface area contributed by atoms with Crippen LogP contribution in [0.2, 0.25) is 0 Å². The van der Waals surface area contributed by atoms with E-state index in [1.54, 1.807) is 0 Å². The summed E-state index contributed by atoms with van der Waals surface area (Å²) in [6.07, 6.45) is 31.3. The third kappa shape index (κ3) is 30.8. The lowest BCUT2D eigenvalue weighted by molar-refractivity contribution is -0.161. The molecule has 0 saturated carbocycles. The normalized spacial score (nSPS) is 13.2. The van der Waals surface area contributed by atoms with Crippen molar-refractivity contribution in [3.8, 4) is 0 Å². The summed E-state index contributed by atoms with van der Waals surface area (Å²) in [6.45, 7) is 3.45. The molecule has 0 bridgehead atoms. The lowest BCUT2D eigenvalue weighted by Gasteiger charge is -2.18. The van der Waals surface area contributed by atoms with E-state index in [-0.39, 0.29) is 19.4 Å². The smallest absolute Gasteiger partial charge is 0.462 e. The number of esters is 2. The molecule has 41 heavy (non-hydrogen) atoms. The van der Waals surface area contributed by atoms with Gasteiger partial charge in [-0.3, -0.25) is 14.1 Å². The molecule has 0 heterocycles. The Morgan fingerprint density at radius 2 is 1.17 bits per heavy atom. The Hall–Kier alpha value is -1.99. The predicted octanol–water partition coefficient (Wildman–Crippen LogP) is 8.45. The number of hydrogen-bond acceptors (Lipinski definition) is 6. The van der Waals surface area contributed by atoms with Crippen LogP contribution in [-0.2, 0) is 28.2 Å². The summed E-state index contributed by atoms with van der Waals surface area (Å²) < 4.78 is 26.1. The summed E-state index contributed by atoms with van der Waals surface area (Å²) in [6, 6.07) is 0. The summed E-state index contributed by atoms with van der Waals surface area (Å²) in [5, 5.41) is 0. The van der Waals surface area contributed by atoms with Crippen molar-refractivity contribution in [2.24, 2.45) is 0 Å². The van der Waals surface area contributed by atoms with Gasteiger partial charge in [0.2, 0.25) is 0 Å². The fourth-order valence-corrected chi connectivity index (χ4v) is 4.27. The molecule has 0 unspecified atom stereocenters. The van der Waals surface area contributed by atoms with Crippen molar-refractivity contribution < 1.29 is 37.9 Å². The zero-order valence-corrected chi connectivity index (χ0v) is 26.3. The highest BCUT2D eigenvalue weighted by Crippen LogP contribution is 2.35. The highest BCUT2D eigenvalue weighted by molar-refractivity contribution is 7.46. The van der Waals surface area contributed by atoms with E-state index < -0.39 is 32.5 Å². The van der Waals surface area contributed by atoms with Gasteiger partial charge >= 0.3 is 19.8 Å². The fourth-order valence-electron chi connectivity index (χ4n) is 3.91. The molecular formula is C32H55O8P. The van der Waals surface area contributed by atoms with Gasteiger partial charge in [0.25, 0.3) is 0 Å². The van der Waals surface area contributed by atoms with Gasteiger partial charge in [0.1, 0.15) is 6.61 Å². The first-order valence-electron chi connectivity index (χ1n) is 15.5. The SMILES string of the molecule is CC/C=C/C=C/C=C/C=C/CCCCCCCC(=O)O[C@H](COC(=O)CCCCCCCCCC)COP(=O)(O)O. The van der Waals surface area contributed by atoms with Crippen LogP contribution < -0.4 is 0 Å². The first kappa shape index (κ1) is 39.0. The Morgan fingerprint density at radius 3 is 1.76 bits per heavy atom. The van der Waals surface area contributed by atoms with E-state index in [0.29, 0.717) is 6.42 Å². The van der Waals surface area contributed by atoms with E-state index >= 15 is 0 Å². The van der Waals surface area contributed by atoms with Gasteiger partial charge in [-0.15, -0.1) is 0 Å². The van der Waals surface area contributed by atoms with Crippen LogP contribution in [0.25, 0.3) is 0 Å². The highest BCUT2D eigenvalue weighted by atomic mass is 31.2. The van der Waals surface area contributed by atoms with Gasteiger partial charge in [0, 0.05) is 12.8 Å². The second kappa shape index (κ2) is 28.1. The van der Waals surface area contributed by atoms with Crippen molar-refractivity contribution in [2.75, 3.05) is 13.2 Å². The number of carbonyl (C=O) groups excluding carboxylic acids is 2. The Labute approximate surface area is 248 Å². The number of carbonyl (C=O) groups is 2. The second-order valence-electron chi connectivity index (χ2n) is 10.1. The van der Waals surface area contributed by atoms with Crippen LogP contribution >= 0.6 is 7.82 Å². The summed E-state index contributed by atoms with van der Waals surface area (Å²) in [7, 11) is -4.75.